The van der Waals surface area contributed by atoms with E-state index in [1.807, 2.05) is 19.9 Å². The van der Waals surface area contributed by atoms with Gasteiger partial charge in [-0.3, -0.25) is 9.69 Å². The Morgan fingerprint density at radius 3 is 2.84 bits per heavy atom. The summed E-state index contributed by atoms with van der Waals surface area (Å²) in [6.45, 7) is 8.07. The van der Waals surface area contributed by atoms with Crippen LogP contribution in [0.3, 0.4) is 0 Å². The minimum Gasteiger partial charge on any atom is -0.507 e. The largest absolute Gasteiger partial charge is 0.507 e. The number of likely N-dealkylation sites (tertiary alicyclic amines) is 1. The first kappa shape index (κ1) is 22.8. The fourth-order valence-electron chi connectivity index (χ4n) is 3.98. The van der Waals surface area contributed by atoms with Gasteiger partial charge in [0.15, 0.2) is 0 Å². The minimum atomic E-state index is -0.149. The summed E-state index contributed by atoms with van der Waals surface area (Å²) in [6, 6.07) is 7.45. The molecule has 8 nitrogen and oxygen atoms in total. The Morgan fingerprint density at radius 2 is 2.16 bits per heavy atom. The van der Waals surface area contributed by atoms with Crippen LogP contribution in [0.2, 0.25) is 0 Å². The molecule has 2 aromatic rings. The number of anilines is 1. The van der Waals surface area contributed by atoms with E-state index >= 15 is 0 Å². The Labute approximate surface area is 183 Å². The molecule has 0 radical (unpaired) electrons. The number of hydrogen-bond acceptors (Lipinski definition) is 8. The minimum absolute atomic E-state index is 0.107. The number of carbonyl (C=O) groups is 1. The molecule has 1 unspecified atom stereocenters. The Morgan fingerprint density at radius 1 is 1.35 bits per heavy atom. The van der Waals surface area contributed by atoms with Crippen molar-refractivity contribution in [2.24, 2.45) is 0 Å². The first-order valence-electron chi connectivity index (χ1n) is 10.8. The second-order valence-electron chi connectivity index (χ2n) is 7.98. The van der Waals surface area contributed by atoms with Crippen molar-refractivity contribution < 1.29 is 19.4 Å². The van der Waals surface area contributed by atoms with Crippen LogP contribution in [0.5, 0.6) is 11.5 Å². The van der Waals surface area contributed by atoms with Crippen molar-refractivity contribution in [2.75, 3.05) is 32.1 Å². The Balaban J connectivity index is 1.65. The smallest absolute Gasteiger partial charge is 0.307 e. The summed E-state index contributed by atoms with van der Waals surface area (Å²) in [4.78, 5) is 14.1. The van der Waals surface area contributed by atoms with Gasteiger partial charge in [0.25, 0.3) is 0 Å². The van der Waals surface area contributed by atoms with Gasteiger partial charge in [0, 0.05) is 30.3 Å². The van der Waals surface area contributed by atoms with Gasteiger partial charge in [0.05, 0.1) is 25.8 Å². The maximum absolute atomic E-state index is 11.8. The zero-order valence-corrected chi connectivity index (χ0v) is 18.7. The van der Waals surface area contributed by atoms with Crippen LogP contribution in [0.15, 0.2) is 24.3 Å². The number of hydrogen-bond donors (Lipinski definition) is 2. The molecule has 1 saturated heterocycles. The van der Waals surface area contributed by atoms with Crippen LogP contribution in [0.4, 0.5) is 5.82 Å². The highest BCUT2D eigenvalue weighted by Gasteiger charge is 2.25. The molecule has 31 heavy (non-hydrogen) atoms. The highest BCUT2D eigenvalue weighted by atomic mass is 16.5. The average molecular weight is 429 g/mol. The molecule has 0 bridgehead atoms. The van der Waals surface area contributed by atoms with E-state index < -0.39 is 0 Å². The Kier molecular flexibility index (Phi) is 7.68. The number of esters is 1. The number of phenolic OH excluding ortho intramolecular Hbond substituents is 1. The lowest BCUT2D eigenvalue weighted by molar-refractivity contribution is -0.144. The van der Waals surface area contributed by atoms with Crippen molar-refractivity contribution in [3.05, 3.63) is 29.8 Å². The van der Waals surface area contributed by atoms with Crippen LogP contribution in [0, 0.1) is 6.92 Å². The summed E-state index contributed by atoms with van der Waals surface area (Å²) in [5.74, 6) is 1.25. The molecule has 3 rings (SSSR count). The molecule has 0 aliphatic carbocycles. The molecular formula is C23H32N4O4. The highest BCUT2D eigenvalue weighted by Crippen LogP contribution is 2.33. The molecule has 1 aliphatic heterocycles. The number of piperidine rings is 1. The van der Waals surface area contributed by atoms with Gasteiger partial charge in [-0.2, -0.15) is 0 Å². The lowest BCUT2D eigenvalue weighted by atomic mass is 10.0. The Bertz CT molecular complexity index is 905. The summed E-state index contributed by atoms with van der Waals surface area (Å²) >= 11 is 0. The lowest BCUT2D eigenvalue weighted by Gasteiger charge is -2.37. The van der Waals surface area contributed by atoms with E-state index in [1.165, 1.54) is 0 Å². The maximum Gasteiger partial charge on any atom is 0.307 e. The van der Waals surface area contributed by atoms with Crippen molar-refractivity contribution in [1.29, 1.82) is 0 Å². The third-order valence-electron chi connectivity index (χ3n) is 5.64. The molecule has 2 N–H and O–H groups in total. The van der Waals surface area contributed by atoms with Gasteiger partial charge in [-0.1, -0.05) is 0 Å². The van der Waals surface area contributed by atoms with Crippen LogP contribution in [-0.4, -0.2) is 65.1 Å². The van der Waals surface area contributed by atoms with E-state index in [0.717, 1.165) is 31.5 Å². The summed E-state index contributed by atoms with van der Waals surface area (Å²) < 4.78 is 10.2. The van der Waals surface area contributed by atoms with Gasteiger partial charge in [0.2, 0.25) is 0 Å². The van der Waals surface area contributed by atoms with E-state index in [4.69, 9.17) is 9.47 Å². The third kappa shape index (κ3) is 5.85. The number of carbonyl (C=O) groups excluding carboxylic acids is 1. The van der Waals surface area contributed by atoms with Gasteiger partial charge in [0.1, 0.15) is 17.3 Å². The van der Waals surface area contributed by atoms with Crippen LogP contribution in [-0.2, 0) is 9.53 Å². The molecule has 8 heteroatoms. The summed E-state index contributed by atoms with van der Waals surface area (Å²) in [5, 5.41) is 22.5. The highest BCUT2D eigenvalue weighted by molar-refractivity contribution is 5.71. The van der Waals surface area contributed by atoms with Gasteiger partial charge < -0.3 is 19.9 Å². The van der Waals surface area contributed by atoms with Crippen LogP contribution in [0.1, 0.15) is 38.7 Å². The SMILES string of the molecule is CCOC(=O)CC(C)N1CCC[C@@H](Nc2cc(C)c(-c3ccc(OC)cc3O)nn2)C1. The van der Waals surface area contributed by atoms with Crippen molar-refractivity contribution in [3.63, 3.8) is 0 Å². The first-order valence-corrected chi connectivity index (χ1v) is 10.8. The fraction of sp³-hybridized carbons (Fsp3) is 0.522. The molecule has 1 aromatic carbocycles. The topological polar surface area (TPSA) is 96.8 Å². The second kappa shape index (κ2) is 10.4. The second-order valence-corrected chi connectivity index (χ2v) is 7.98. The number of nitrogens with zero attached hydrogens (tertiary/aromatic N) is 3. The maximum atomic E-state index is 11.8. The number of phenols is 1. The molecule has 0 saturated carbocycles. The predicted molar refractivity (Wildman–Crippen MR) is 119 cm³/mol. The normalized spacial score (nSPS) is 17.7. The van der Waals surface area contributed by atoms with E-state index in [2.05, 4.69) is 27.3 Å². The molecule has 0 amide bonds. The van der Waals surface area contributed by atoms with E-state index in [1.54, 1.807) is 25.3 Å². The van der Waals surface area contributed by atoms with Gasteiger partial charge in [-0.05, 0) is 63.9 Å². The monoisotopic (exact) mass is 428 g/mol. The number of aryl methyl sites for hydroxylation is 1. The van der Waals surface area contributed by atoms with E-state index in [9.17, 15) is 9.90 Å². The average Bonchev–Trinajstić information content (AvgIpc) is 2.74. The quantitative estimate of drug-likeness (QED) is 0.618. The van der Waals surface area contributed by atoms with Gasteiger partial charge in [-0.15, -0.1) is 10.2 Å². The van der Waals surface area contributed by atoms with Crippen molar-refractivity contribution in [2.45, 2.75) is 52.1 Å². The molecule has 1 fully saturated rings. The van der Waals surface area contributed by atoms with Crippen LogP contribution < -0.4 is 10.1 Å². The van der Waals surface area contributed by atoms with Crippen molar-refractivity contribution >= 4 is 11.8 Å². The number of ether oxygens (including phenoxy) is 2. The zero-order valence-electron chi connectivity index (χ0n) is 18.7. The van der Waals surface area contributed by atoms with Crippen molar-refractivity contribution in [1.82, 2.24) is 15.1 Å². The number of nitrogens with one attached hydrogen (secondary N) is 1. The number of aromatic hydroxyl groups is 1. The Hall–Kier alpha value is -2.87. The molecule has 2 atom stereocenters. The van der Waals surface area contributed by atoms with E-state index in [0.29, 0.717) is 35.9 Å². The molecule has 2 heterocycles. The van der Waals surface area contributed by atoms with Crippen LogP contribution >= 0.6 is 0 Å². The molecule has 1 aromatic heterocycles. The van der Waals surface area contributed by atoms with Crippen LogP contribution in [0.25, 0.3) is 11.3 Å². The number of methoxy groups -OCH3 is 1. The van der Waals surface area contributed by atoms with E-state index in [-0.39, 0.29) is 23.8 Å². The molecular weight excluding hydrogens is 396 g/mol. The van der Waals surface area contributed by atoms with Crippen molar-refractivity contribution in [3.8, 4) is 22.8 Å². The van der Waals surface area contributed by atoms with Gasteiger partial charge >= 0.3 is 5.97 Å². The zero-order chi connectivity index (χ0) is 22.4. The number of aromatic nitrogens is 2. The summed E-state index contributed by atoms with van der Waals surface area (Å²) in [5.41, 5.74) is 2.18. The lowest BCUT2D eigenvalue weighted by Crippen LogP contribution is -2.47. The molecule has 1 aliphatic rings. The summed E-state index contributed by atoms with van der Waals surface area (Å²) in [7, 11) is 1.56. The number of rotatable bonds is 8. The first-order chi connectivity index (χ1) is 14.9. The third-order valence-corrected chi connectivity index (χ3v) is 5.64. The number of benzene rings is 1. The fourth-order valence-corrected chi connectivity index (χ4v) is 3.98. The molecule has 168 valence electrons. The molecule has 0 spiro atoms. The van der Waals surface area contributed by atoms with Gasteiger partial charge in [-0.25, -0.2) is 0 Å². The summed E-state index contributed by atoms with van der Waals surface area (Å²) in [6.07, 6.45) is 2.49. The standard InChI is InChI=1S/C23H32N4O4/c1-5-31-22(29)12-16(3)27-10-6-7-17(14-27)24-21-11-15(2)23(26-25-21)19-9-8-18(30-4)13-20(19)28/h8-9,11,13,16-17,28H,5-7,10,12,14H2,1-4H3,(H,24,25)/t16?,17-/m1/s1. The predicted octanol–water partition coefficient (Wildman–Crippen LogP) is 3.38.